The first-order valence-electron chi connectivity index (χ1n) is 7.24. The monoisotopic (exact) mass is 323 g/mol. The minimum absolute atomic E-state index is 0.00315. The molecule has 3 aromatic heterocycles. The van der Waals surface area contributed by atoms with E-state index in [9.17, 15) is 4.79 Å². The van der Waals surface area contributed by atoms with Crippen LogP contribution in [0.25, 0.3) is 16.8 Å². The van der Waals surface area contributed by atoms with Crippen molar-refractivity contribution in [3.63, 3.8) is 0 Å². The molecule has 1 aliphatic carbocycles. The SMILES string of the molecule is O=C(O)c1cc2nccc(C3=CCCC(c4ccsc4)=C3)n2n1. The zero-order chi connectivity index (χ0) is 15.8. The number of aromatic carboxylic acids is 1. The second-order valence-electron chi connectivity index (χ2n) is 5.31. The van der Waals surface area contributed by atoms with E-state index in [0.29, 0.717) is 5.65 Å². The summed E-state index contributed by atoms with van der Waals surface area (Å²) in [5.74, 6) is -1.05. The predicted molar refractivity (Wildman–Crippen MR) is 89.5 cm³/mol. The van der Waals surface area contributed by atoms with Crippen molar-refractivity contribution in [2.75, 3.05) is 0 Å². The number of hydrogen-bond donors (Lipinski definition) is 1. The summed E-state index contributed by atoms with van der Waals surface area (Å²) in [7, 11) is 0. The van der Waals surface area contributed by atoms with Gasteiger partial charge in [-0.15, -0.1) is 0 Å². The van der Waals surface area contributed by atoms with Gasteiger partial charge in [-0.05, 0) is 58.5 Å². The van der Waals surface area contributed by atoms with Crippen molar-refractivity contribution in [2.45, 2.75) is 12.8 Å². The van der Waals surface area contributed by atoms with Gasteiger partial charge in [0.25, 0.3) is 0 Å². The van der Waals surface area contributed by atoms with Crippen LogP contribution in [0.1, 0.15) is 34.6 Å². The maximum atomic E-state index is 11.1. The molecule has 0 saturated carbocycles. The van der Waals surface area contributed by atoms with E-state index in [0.717, 1.165) is 24.1 Å². The maximum Gasteiger partial charge on any atom is 0.356 e. The molecule has 5 nitrogen and oxygen atoms in total. The van der Waals surface area contributed by atoms with E-state index < -0.39 is 5.97 Å². The average molecular weight is 323 g/mol. The van der Waals surface area contributed by atoms with Crippen molar-refractivity contribution in [3.05, 3.63) is 64.3 Å². The molecule has 1 aliphatic rings. The van der Waals surface area contributed by atoms with Crippen molar-refractivity contribution < 1.29 is 9.90 Å². The number of rotatable bonds is 3. The Bertz CT molecular complexity index is 952. The van der Waals surface area contributed by atoms with Crippen LogP contribution in [-0.2, 0) is 0 Å². The summed E-state index contributed by atoms with van der Waals surface area (Å²) < 4.78 is 1.60. The molecular weight excluding hydrogens is 310 g/mol. The Morgan fingerprint density at radius 1 is 1.35 bits per heavy atom. The lowest BCUT2D eigenvalue weighted by atomic mass is 9.94. The molecule has 3 aromatic rings. The summed E-state index contributed by atoms with van der Waals surface area (Å²) in [6.07, 6.45) is 7.96. The topological polar surface area (TPSA) is 67.5 Å². The fraction of sp³-hybridized carbons (Fsp3) is 0.118. The van der Waals surface area contributed by atoms with Crippen LogP contribution in [0.2, 0.25) is 0 Å². The van der Waals surface area contributed by atoms with E-state index >= 15 is 0 Å². The van der Waals surface area contributed by atoms with Crippen molar-refractivity contribution in [2.24, 2.45) is 0 Å². The number of carboxylic acids is 1. The van der Waals surface area contributed by atoms with Gasteiger partial charge in [0, 0.05) is 12.3 Å². The molecule has 4 rings (SSSR count). The van der Waals surface area contributed by atoms with Gasteiger partial charge in [0.2, 0.25) is 0 Å². The first kappa shape index (κ1) is 13.9. The number of carbonyl (C=O) groups is 1. The molecule has 0 fully saturated rings. The van der Waals surface area contributed by atoms with Crippen LogP contribution in [0.3, 0.4) is 0 Å². The van der Waals surface area contributed by atoms with Gasteiger partial charge in [-0.2, -0.15) is 16.4 Å². The summed E-state index contributed by atoms with van der Waals surface area (Å²) in [6, 6.07) is 5.47. The van der Waals surface area contributed by atoms with Gasteiger partial charge in [-0.25, -0.2) is 14.3 Å². The molecule has 114 valence electrons. The van der Waals surface area contributed by atoms with Crippen LogP contribution in [0.4, 0.5) is 0 Å². The van der Waals surface area contributed by atoms with Crippen LogP contribution in [-0.4, -0.2) is 25.7 Å². The standard InChI is InChI=1S/C17H13N3O2S/c21-17(22)14-9-16-18-6-4-15(20(16)19-14)12-3-1-2-11(8-12)13-5-7-23-10-13/h3-10H,1-2H2,(H,21,22). The van der Waals surface area contributed by atoms with Gasteiger partial charge in [0.1, 0.15) is 0 Å². The molecule has 6 heteroatoms. The predicted octanol–water partition coefficient (Wildman–Crippen LogP) is 3.75. The minimum Gasteiger partial charge on any atom is -0.476 e. The first-order chi connectivity index (χ1) is 11.2. The lowest BCUT2D eigenvalue weighted by Crippen LogP contribution is -2.03. The lowest BCUT2D eigenvalue weighted by molar-refractivity contribution is 0.0690. The second kappa shape index (κ2) is 5.48. The maximum absolute atomic E-state index is 11.1. The van der Waals surface area contributed by atoms with Gasteiger partial charge in [-0.3, -0.25) is 0 Å². The first-order valence-corrected chi connectivity index (χ1v) is 8.18. The van der Waals surface area contributed by atoms with Crippen molar-refractivity contribution in [1.82, 2.24) is 14.6 Å². The summed E-state index contributed by atoms with van der Waals surface area (Å²) >= 11 is 1.69. The largest absolute Gasteiger partial charge is 0.476 e. The molecule has 0 unspecified atom stereocenters. The molecule has 0 aliphatic heterocycles. The molecule has 0 saturated heterocycles. The van der Waals surface area contributed by atoms with Crippen molar-refractivity contribution in [3.8, 4) is 0 Å². The number of allylic oxidation sites excluding steroid dienone is 4. The van der Waals surface area contributed by atoms with Gasteiger partial charge in [0.05, 0.1) is 5.69 Å². The third kappa shape index (κ3) is 2.47. The number of carboxylic acid groups (broad SMARTS) is 1. The molecule has 0 atom stereocenters. The van der Waals surface area contributed by atoms with Crippen LogP contribution >= 0.6 is 11.3 Å². The van der Waals surface area contributed by atoms with Crippen LogP contribution in [0, 0.1) is 0 Å². The van der Waals surface area contributed by atoms with E-state index in [-0.39, 0.29) is 5.69 Å². The quantitative estimate of drug-likeness (QED) is 0.797. The van der Waals surface area contributed by atoms with Gasteiger partial charge < -0.3 is 5.11 Å². The minimum atomic E-state index is -1.05. The van der Waals surface area contributed by atoms with E-state index in [2.05, 4.69) is 39.1 Å². The summed E-state index contributed by atoms with van der Waals surface area (Å²) in [5, 5.41) is 17.5. The Morgan fingerprint density at radius 2 is 2.26 bits per heavy atom. The summed E-state index contributed by atoms with van der Waals surface area (Å²) in [4.78, 5) is 15.3. The van der Waals surface area contributed by atoms with E-state index in [1.165, 1.54) is 17.2 Å². The van der Waals surface area contributed by atoms with Crippen molar-refractivity contribution >= 4 is 34.1 Å². The van der Waals surface area contributed by atoms with E-state index in [1.54, 1.807) is 22.0 Å². The van der Waals surface area contributed by atoms with E-state index in [4.69, 9.17) is 5.11 Å². The molecule has 3 heterocycles. The molecule has 1 N–H and O–H groups in total. The Balaban J connectivity index is 1.82. The third-order valence-electron chi connectivity index (χ3n) is 3.87. The molecule has 23 heavy (non-hydrogen) atoms. The average Bonchev–Trinajstić information content (AvgIpc) is 3.24. The second-order valence-corrected chi connectivity index (χ2v) is 6.09. The zero-order valence-electron chi connectivity index (χ0n) is 12.1. The highest BCUT2D eigenvalue weighted by molar-refractivity contribution is 7.08. The third-order valence-corrected chi connectivity index (χ3v) is 4.56. The van der Waals surface area contributed by atoms with Gasteiger partial charge in [-0.1, -0.05) is 6.08 Å². The van der Waals surface area contributed by atoms with Crippen LogP contribution in [0.15, 0.2) is 47.3 Å². The number of thiophene rings is 1. The fourth-order valence-electron chi connectivity index (χ4n) is 2.77. The number of hydrogen-bond acceptors (Lipinski definition) is 4. The molecule has 0 radical (unpaired) electrons. The van der Waals surface area contributed by atoms with Crippen LogP contribution in [0.5, 0.6) is 0 Å². The number of aromatic nitrogens is 3. The highest BCUT2D eigenvalue weighted by Gasteiger charge is 2.15. The van der Waals surface area contributed by atoms with E-state index in [1.807, 2.05) is 6.07 Å². The molecule has 0 bridgehead atoms. The smallest absolute Gasteiger partial charge is 0.356 e. The number of fused-ring (bicyclic) bond motifs is 1. The lowest BCUT2D eigenvalue weighted by Gasteiger charge is -2.14. The van der Waals surface area contributed by atoms with Gasteiger partial charge >= 0.3 is 5.97 Å². The molecule has 0 amide bonds. The van der Waals surface area contributed by atoms with Crippen LogP contribution < -0.4 is 0 Å². The molecule has 0 aromatic carbocycles. The Morgan fingerprint density at radius 3 is 3.04 bits per heavy atom. The zero-order valence-corrected chi connectivity index (χ0v) is 13.0. The normalized spacial score (nSPS) is 14.6. The highest BCUT2D eigenvalue weighted by Crippen LogP contribution is 2.31. The van der Waals surface area contributed by atoms with Crippen molar-refractivity contribution in [1.29, 1.82) is 0 Å². The fourth-order valence-corrected chi connectivity index (χ4v) is 3.45. The Labute approximate surface area is 136 Å². The Hall–Kier alpha value is -2.73. The van der Waals surface area contributed by atoms with Gasteiger partial charge in [0.15, 0.2) is 11.3 Å². The molecule has 0 spiro atoms. The highest BCUT2D eigenvalue weighted by atomic mass is 32.1. The summed E-state index contributed by atoms with van der Waals surface area (Å²) in [5.41, 5.74) is 4.98. The summed E-state index contributed by atoms with van der Waals surface area (Å²) in [6.45, 7) is 0. The Kier molecular flexibility index (Phi) is 3.31. The number of nitrogens with zero attached hydrogens (tertiary/aromatic N) is 3. The molecular formula is C17H13N3O2S.